The molecule has 103 heavy (non-hydrogen) atoms. The topological polar surface area (TPSA) is 284 Å². The molecule has 1 fully saturated rings. The summed E-state index contributed by atoms with van der Waals surface area (Å²) in [5, 5.41) is 5.99. The minimum absolute atomic E-state index is 0. The van der Waals surface area contributed by atoms with Gasteiger partial charge >= 0.3 is 7.12 Å². The third-order valence-electron chi connectivity index (χ3n) is 17.4. The minimum atomic E-state index is -3.83. The molecule has 2 amide bonds. The van der Waals surface area contributed by atoms with Crippen LogP contribution in [0.1, 0.15) is 55.8 Å². The van der Waals surface area contributed by atoms with Crippen LogP contribution < -0.4 is 45.6 Å². The van der Waals surface area contributed by atoms with Crippen LogP contribution >= 0.6 is 15.9 Å². The van der Waals surface area contributed by atoms with E-state index in [1.165, 1.54) is 118 Å². The van der Waals surface area contributed by atoms with E-state index in [1.54, 1.807) is 42.5 Å². The Morgan fingerprint density at radius 1 is 0.544 bits per heavy atom. The first-order valence-corrected chi connectivity index (χ1v) is 35.2. The third-order valence-corrected chi connectivity index (χ3v) is 20.2. The Balaban J connectivity index is 0.000000177. The number of hydrogen-bond donors (Lipinski definition) is 4. The number of hydrogen-bond acceptors (Lipinski definition) is 16. The van der Waals surface area contributed by atoms with E-state index in [1.807, 2.05) is 27.7 Å². The summed E-state index contributed by atoms with van der Waals surface area (Å²) in [7, 11) is 0.252. The van der Waals surface area contributed by atoms with Crippen LogP contribution in [0.2, 0.25) is 0 Å². The van der Waals surface area contributed by atoms with Crippen molar-refractivity contribution in [3.8, 4) is 56.6 Å². The van der Waals surface area contributed by atoms with Crippen molar-refractivity contribution in [2.45, 2.75) is 46.3 Å². The Bertz CT molecular complexity index is 5550. The molecule has 22 nitrogen and oxygen atoms in total. The number of fused-ring (bicyclic) bond motifs is 4. The van der Waals surface area contributed by atoms with Crippen molar-refractivity contribution in [2.75, 3.05) is 75.0 Å². The quantitative estimate of drug-likeness (QED) is 0.0581. The van der Waals surface area contributed by atoms with E-state index in [0.29, 0.717) is 66.5 Å². The van der Waals surface area contributed by atoms with E-state index in [2.05, 4.69) is 36.5 Å². The van der Waals surface area contributed by atoms with E-state index in [0.717, 1.165) is 49.9 Å². The molecular weight excluding hydrogens is 1450 g/mol. The van der Waals surface area contributed by atoms with Crippen molar-refractivity contribution in [3.05, 3.63) is 184 Å². The predicted octanol–water partition coefficient (Wildman–Crippen LogP) is 13.5. The number of sulfonamides is 2. The second kappa shape index (κ2) is 28.4. The highest BCUT2D eigenvalue weighted by atomic mass is 79.9. The molecule has 1 aliphatic heterocycles. The molecule has 5 heterocycles. The molecule has 13 rings (SSSR count). The first-order valence-electron chi connectivity index (χ1n) is 30.7. The zero-order chi connectivity index (χ0) is 74.1. The zero-order valence-electron chi connectivity index (χ0n) is 56.5. The first-order chi connectivity index (χ1) is 47.9. The summed E-state index contributed by atoms with van der Waals surface area (Å²) in [6.07, 6.45) is 2.12. The summed E-state index contributed by atoms with van der Waals surface area (Å²) in [6, 6.07) is 30.0. The molecule has 32 heteroatoms. The van der Waals surface area contributed by atoms with Crippen molar-refractivity contribution < 1.29 is 80.4 Å². The van der Waals surface area contributed by atoms with Gasteiger partial charge in [0.2, 0.25) is 31.9 Å². The van der Waals surface area contributed by atoms with Gasteiger partial charge in [0.05, 0.1) is 82.8 Å². The van der Waals surface area contributed by atoms with E-state index >= 15 is 0 Å². The van der Waals surface area contributed by atoms with Gasteiger partial charge in [-0.3, -0.25) is 27.3 Å². The lowest BCUT2D eigenvalue weighted by molar-refractivity contribution is 0.00578. The standard InChI is InChI=1S/C32H26F3N5O5S.C24H28BFN2O6S.C14H10BrF2N3O.CH4/c1-37-31(41)28-23-14-22(24(39(2)46(4,42)43)15-26(23)45-30(28)16-5-7-18(33)8-6-16)17-9-25-29(27(10-17)44-3)38-32(36)40(25)21-12-19(34)11-20(35)13-21;1-23(2)24(3,4)34-25(33-23)17-12-16-19(13-18(17)28(6)35(7,30)31)32-21(20(16)22(29)27-5)14-8-10-15(26)11-9-14;1-21-12-3-7(15)2-11-13(12)19-14(18)20(11)10-5-8(16)4-9(17)6-10;/h5-15H,1-4H3,(H2,36,38)(H,37,41);8-13H,1-7H3,(H,27,29);2-6H,1H3,(H2,18,19);1H4. The second-order valence-electron chi connectivity index (χ2n) is 24.5. The number of aromatic nitrogens is 4. The van der Waals surface area contributed by atoms with E-state index < -0.39 is 85.1 Å². The number of furan rings is 2. The van der Waals surface area contributed by atoms with Crippen LogP contribution in [0.5, 0.6) is 11.5 Å². The smallest absolute Gasteiger partial charge is 0.494 e. The van der Waals surface area contributed by atoms with Crippen LogP contribution in [0.25, 0.3) is 89.2 Å². The van der Waals surface area contributed by atoms with E-state index in [9.17, 15) is 52.8 Å². The molecule has 4 aromatic heterocycles. The van der Waals surface area contributed by atoms with Crippen molar-refractivity contribution >= 4 is 128 Å². The fraction of sp³-hybridized carbons (Fsp3) is 0.211. The minimum Gasteiger partial charge on any atom is -0.494 e. The molecule has 0 bridgehead atoms. The molecule has 8 aromatic carbocycles. The van der Waals surface area contributed by atoms with Crippen molar-refractivity contribution in [3.63, 3.8) is 0 Å². The van der Waals surface area contributed by atoms with Crippen molar-refractivity contribution in [2.24, 2.45) is 0 Å². The lowest BCUT2D eigenvalue weighted by Crippen LogP contribution is -2.41. The number of ether oxygens (including phenoxy) is 2. The number of nitrogen functional groups attached to an aromatic ring is 2. The monoisotopic (exact) mass is 1520 g/mol. The van der Waals surface area contributed by atoms with Gasteiger partial charge in [0.15, 0.2) is 0 Å². The predicted molar refractivity (Wildman–Crippen MR) is 390 cm³/mol. The highest BCUT2D eigenvalue weighted by Gasteiger charge is 2.53. The average molecular weight is 1520 g/mol. The number of anilines is 4. The number of carbonyl (C=O) groups excluding carboxylic acids is 2. The number of methoxy groups -OCH3 is 2. The molecule has 0 spiro atoms. The molecule has 0 radical (unpaired) electrons. The Morgan fingerprint density at radius 3 is 1.34 bits per heavy atom. The van der Waals surface area contributed by atoms with Gasteiger partial charge in [-0.2, -0.15) is 0 Å². The SMILES string of the molecule is C.CNC(=O)c1c(-c2ccc(F)cc2)oc2cc(N(C)S(C)(=O)=O)c(-c3cc(OC)c4nc(N)n(-c5cc(F)cc(F)c5)c4c3)cc12.CNC(=O)c1c(-c2ccc(F)cc2)oc2cc(N(C)S(C)(=O)=O)c(B3OC(C)(C)C(C)(C)O3)cc12.COc1cc(Br)cc2c1nc(N)n2-c1cc(F)cc(F)c1. The number of halogens is 7. The first kappa shape index (κ1) is 75.1. The highest BCUT2D eigenvalue weighted by molar-refractivity contribution is 9.10. The van der Waals surface area contributed by atoms with Gasteiger partial charge in [0.25, 0.3) is 11.8 Å². The Morgan fingerprint density at radius 2 is 0.932 bits per heavy atom. The number of carbonyl (C=O) groups is 2. The van der Waals surface area contributed by atoms with E-state index in [4.69, 9.17) is 39.1 Å². The normalized spacial score (nSPS) is 13.3. The Hall–Kier alpha value is -10.5. The summed E-state index contributed by atoms with van der Waals surface area (Å²) >= 11 is 3.36. The molecule has 0 aliphatic carbocycles. The van der Waals surface area contributed by atoms with Gasteiger partial charge < -0.3 is 49.7 Å². The molecule has 0 saturated carbocycles. The van der Waals surface area contributed by atoms with Crippen LogP contribution in [0.15, 0.2) is 147 Å². The fourth-order valence-corrected chi connectivity index (χ4v) is 13.0. The summed E-state index contributed by atoms with van der Waals surface area (Å²) in [5.74, 6) is -3.70. The van der Waals surface area contributed by atoms with Gasteiger partial charge in [-0.25, -0.2) is 53.1 Å². The number of benzene rings is 8. The third kappa shape index (κ3) is 14.5. The Kier molecular flexibility index (Phi) is 20.7. The largest absolute Gasteiger partial charge is 0.497 e. The molecule has 1 saturated heterocycles. The van der Waals surface area contributed by atoms with E-state index in [-0.39, 0.29) is 81.5 Å². The highest BCUT2D eigenvalue weighted by Crippen LogP contribution is 2.46. The number of nitrogens with one attached hydrogen (secondary N) is 2. The van der Waals surface area contributed by atoms with Crippen LogP contribution in [0, 0.1) is 34.9 Å². The van der Waals surface area contributed by atoms with Gasteiger partial charge in [-0.1, -0.05) is 23.4 Å². The number of imidazole rings is 2. The van der Waals surface area contributed by atoms with Crippen LogP contribution in [-0.4, -0.2) is 121 Å². The number of amides is 2. The van der Waals surface area contributed by atoms with Gasteiger partial charge in [0, 0.05) is 89.9 Å². The molecule has 0 unspecified atom stereocenters. The fourth-order valence-electron chi connectivity index (χ4n) is 11.5. The summed E-state index contributed by atoms with van der Waals surface area (Å²) in [6.45, 7) is 7.58. The van der Waals surface area contributed by atoms with Crippen molar-refractivity contribution in [1.29, 1.82) is 0 Å². The molecule has 1 aliphatic rings. The number of nitrogens with zero attached hydrogens (tertiary/aromatic N) is 6. The number of rotatable bonds is 14. The van der Waals surface area contributed by atoms with Crippen LogP contribution in [-0.2, 0) is 29.4 Å². The Labute approximate surface area is 596 Å². The molecular formula is C71H68BBrF6N10O12S2. The van der Waals surface area contributed by atoms with Crippen molar-refractivity contribution in [1.82, 2.24) is 29.7 Å². The molecule has 6 N–H and O–H groups in total. The van der Waals surface area contributed by atoms with Gasteiger partial charge in [-0.15, -0.1) is 0 Å². The zero-order valence-corrected chi connectivity index (χ0v) is 59.7. The van der Waals surface area contributed by atoms with Crippen LogP contribution in [0.3, 0.4) is 0 Å². The molecule has 12 aromatic rings. The maximum Gasteiger partial charge on any atom is 0.497 e. The molecule has 0 atom stereocenters. The lowest BCUT2D eigenvalue weighted by atomic mass is 9.77. The molecule has 538 valence electrons. The lowest BCUT2D eigenvalue weighted by Gasteiger charge is -2.32. The summed E-state index contributed by atoms with van der Waals surface area (Å²) < 4.78 is 175. The maximum atomic E-state index is 14.3. The number of nitrogens with two attached hydrogens (primary N) is 2. The van der Waals surface area contributed by atoms with Gasteiger partial charge in [-0.05, 0) is 142 Å². The average Bonchev–Trinajstić information content (AvgIpc) is 1.62. The summed E-state index contributed by atoms with van der Waals surface area (Å²) in [4.78, 5) is 34.8. The van der Waals surface area contributed by atoms with Crippen LogP contribution in [0.4, 0.5) is 49.6 Å². The second-order valence-corrected chi connectivity index (χ2v) is 29.4. The maximum absolute atomic E-state index is 14.3. The summed E-state index contributed by atoms with van der Waals surface area (Å²) in [5.41, 5.74) is 16.1. The van der Waals surface area contributed by atoms with Gasteiger partial charge in [0.1, 0.15) is 80.1 Å².